The van der Waals surface area contributed by atoms with Gasteiger partial charge in [0.25, 0.3) is 0 Å². The molecule has 6 aromatic rings. The van der Waals surface area contributed by atoms with Crippen molar-refractivity contribution < 1.29 is 32.0 Å². The Morgan fingerprint density at radius 2 is 1.12 bits per heavy atom. The summed E-state index contributed by atoms with van der Waals surface area (Å²) in [6.45, 7) is 27.1. The van der Waals surface area contributed by atoms with Crippen LogP contribution in [0.2, 0.25) is 46.3 Å². The van der Waals surface area contributed by atoms with E-state index in [0.29, 0.717) is 70.5 Å². The number of halogens is 4. The van der Waals surface area contributed by atoms with E-state index in [1.54, 1.807) is 68.7 Å². The van der Waals surface area contributed by atoms with Crippen LogP contribution in [0.15, 0.2) is 82.6 Å². The lowest BCUT2D eigenvalue weighted by atomic mass is 9.99. The summed E-state index contributed by atoms with van der Waals surface area (Å²) in [4.78, 5) is 54.2. The zero-order valence-electron chi connectivity index (χ0n) is 44.9. The maximum Gasteiger partial charge on any atom is 0.343 e. The smallest absolute Gasteiger partial charge is 0.343 e. The first kappa shape index (κ1) is 58.7. The van der Waals surface area contributed by atoms with Gasteiger partial charge in [0.2, 0.25) is 5.43 Å². The molecule has 0 radical (unpaired) electrons. The van der Waals surface area contributed by atoms with E-state index < -0.39 is 39.7 Å². The number of rotatable bonds is 17. The Balaban J connectivity index is 0.000000272. The molecule has 73 heavy (non-hydrogen) atoms. The number of hydrogen-bond acceptors (Lipinski definition) is 9. The second-order valence-electron chi connectivity index (χ2n) is 21.6. The molecule has 0 amide bonds. The number of ether oxygens (including phenoxy) is 1. The van der Waals surface area contributed by atoms with Crippen molar-refractivity contribution in [2.45, 2.75) is 124 Å². The minimum Gasteiger partial charge on any atom is -0.462 e. The number of benzene rings is 4. The van der Waals surface area contributed by atoms with E-state index in [2.05, 4.69) is 67.7 Å². The Morgan fingerprint density at radius 3 is 1.58 bits per heavy atom. The van der Waals surface area contributed by atoms with Crippen molar-refractivity contribution in [2.24, 2.45) is 0 Å². The monoisotopic (exact) mass is 1080 g/mol. The molecular weight excluding hydrogens is 1010 g/mol. The highest BCUT2D eigenvalue weighted by molar-refractivity contribution is 6.74. The fourth-order valence-electron chi connectivity index (χ4n) is 7.90. The topological polar surface area (TPSA) is 135 Å². The van der Waals surface area contributed by atoms with Gasteiger partial charge in [0, 0.05) is 69.6 Å². The van der Waals surface area contributed by atoms with Crippen LogP contribution in [0.1, 0.15) is 105 Å². The predicted octanol–water partition coefficient (Wildman–Crippen LogP) is 13.2. The van der Waals surface area contributed by atoms with E-state index in [9.17, 15) is 28.0 Å². The van der Waals surface area contributed by atoms with Crippen molar-refractivity contribution in [3.8, 4) is 0 Å². The number of carbonyl (C=O) groups excluding carboxylic acids is 2. The minimum absolute atomic E-state index is 0.0381. The van der Waals surface area contributed by atoms with Gasteiger partial charge in [-0.1, -0.05) is 95.9 Å². The molecule has 2 aromatic heterocycles. The molecule has 0 bridgehead atoms. The summed E-state index contributed by atoms with van der Waals surface area (Å²) in [7, 11) is -0.206. The second kappa shape index (κ2) is 23.6. The molecule has 2 heterocycles. The van der Waals surface area contributed by atoms with Gasteiger partial charge < -0.3 is 33.4 Å². The Hall–Kier alpha value is -5.17. The first-order chi connectivity index (χ1) is 33.9. The number of nitrogens with two attached hydrogens (primary N) is 1. The number of carbonyl (C=O) groups is 2. The van der Waals surface area contributed by atoms with Crippen LogP contribution in [-0.2, 0) is 39.5 Å². The van der Waals surface area contributed by atoms with Gasteiger partial charge in [-0.2, -0.15) is 0 Å². The molecule has 0 unspecified atom stereocenters. The third-order valence-corrected chi connectivity index (χ3v) is 23.8. The Morgan fingerprint density at radius 1 is 0.685 bits per heavy atom. The molecule has 394 valence electrons. The number of esters is 1. The first-order valence-electron chi connectivity index (χ1n) is 24.6. The van der Waals surface area contributed by atoms with Gasteiger partial charge in [-0.15, -0.1) is 0 Å². The molecule has 0 aliphatic heterocycles. The van der Waals surface area contributed by atoms with E-state index in [0.717, 1.165) is 11.3 Å². The number of nitrogens with zero attached hydrogens (tertiary/aromatic N) is 3. The molecule has 0 spiro atoms. The third kappa shape index (κ3) is 13.6. The molecule has 0 saturated carbocycles. The standard InChI is InChI=1S/C29H38ClFN2O4Si.C27H34ClFN2O3Si/c1-9-36-28(35)22-18-33(13-14-37-38(7,8)29(2,3)4)26-21(27(22)34)16-19(17-24(26)32(5)6)15-20-11-10-12-23(30)25(20)31;1-7-23(32)20-16-31(11-12-34-35(5,6)27(2,3)4)25-19(26(20)33)14-17(15-22(25)30)13-18-9-8-10-21(28)24(18)29/h10-12,16-18H,9,13-15H2,1-8H3;8-10,14-16H,7,11-13,30H2,1-6H3. The average molecular weight is 1080 g/mol. The fraction of sp³-hybridized carbons (Fsp3) is 0.429. The summed E-state index contributed by atoms with van der Waals surface area (Å²) in [5.74, 6) is -1.89. The van der Waals surface area contributed by atoms with Crippen molar-refractivity contribution >= 4 is 84.8 Å². The van der Waals surface area contributed by atoms with Crippen LogP contribution >= 0.6 is 23.2 Å². The highest BCUT2D eigenvalue weighted by atomic mass is 35.5. The van der Waals surface area contributed by atoms with Crippen molar-refractivity contribution in [3.05, 3.63) is 149 Å². The summed E-state index contributed by atoms with van der Waals surface area (Å²) >= 11 is 11.9. The van der Waals surface area contributed by atoms with E-state index in [1.807, 2.05) is 34.2 Å². The molecule has 0 fully saturated rings. The number of hydrogen-bond donors (Lipinski definition) is 1. The summed E-state index contributed by atoms with van der Waals surface area (Å²) in [6, 6.07) is 16.8. The van der Waals surface area contributed by atoms with Crippen LogP contribution in [0.5, 0.6) is 0 Å². The van der Waals surface area contributed by atoms with Gasteiger partial charge in [0.15, 0.2) is 27.8 Å². The zero-order valence-corrected chi connectivity index (χ0v) is 48.4. The zero-order chi connectivity index (χ0) is 54.5. The maximum atomic E-state index is 14.7. The summed E-state index contributed by atoms with van der Waals surface area (Å²) < 4.78 is 50.9. The molecule has 0 aliphatic rings. The number of Topliss-reactive ketones (excluding diaryl/α,β-unsaturated/α-hetero) is 1. The van der Waals surface area contributed by atoms with Crippen molar-refractivity contribution in [3.63, 3.8) is 0 Å². The van der Waals surface area contributed by atoms with Crippen molar-refractivity contribution in [2.75, 3.05) is 44.5 Å². The molecule has 17 heteroatoms. The van der Waals surface area contributed by atoms with Crippen LogP contribution < -0.4 is 21.5 Å². The number of nitrogen functional groups attached to an aromatic ring is 1. The number of anilines is 2. The summed E-state index contributed by atoms with van der Waals surface area (Å²) in [5.41, 5.74) is 10.4. The lowest BCUT2D eigenvalue weighted by molar-refractivity contribution is 0.0523. The van der Waals surface area contributed by atoms with Gasteiger partial charge in [0.1, 0.15) is 17.2 Å². The van der Waals surface area contributed by atoms with Crippen molar-refractivity contribution in [1.82, 2.24) is 9.13 Å². The summed E-state index contributed by atoms with van der Waals surface area (Å²) in [5, 5.41) is 0.904. The normalized spacial score (nSPS) is 12.2. The Labute approximate surface area is 440 Å². The lowest BCUT2D eigenvalue weighted by Gasteiger charge is -2.36. The summed E-state index contributed by atoms with van der Waals surface area (Å²) in [6.07, 6.45) is 3.83. The Bertz CT molecular complexity index is 3140. The quantitative estimate of drug-likeness (QED) is 0.0410. The molecular formula is C56H72Cl2F2N4O7Si2. The van der Waals surface area contributed by atoms with E-state index in [4.69, 9.17) is 42.5 Å². The van der Waals surface area contributed by atoms with Crippen LogP contribution in [0.25, 0.3) is 21.8 Å². The molecule has 4 aromatic carbocycles. The number of pyridine rings is 2. The van der Waals surface area contributed by atoms with Gasteiger partial charge in [-0.3, -0.25) is 14.4 Å². The lowest BCUT2D eigenvalue weighted by Crippen LogP contribution is -2.41. The highest BCUT2D eigenvalue weighted by Crippen LogP contribution is 2.38. The molecule has 2 N–H and O–H groups in total. The van der Waals surface area contributed by atoms with E-state index in [1.165, 1.54) is 12.1 Å². The second-order valence-corrected chi connectivity index (χ2v) is 32.0. The largest absolute Gasteiger partial charge is 0.462 e. The predicted molar refractivity (Wildman–Crippen MR) is 300 cm³/mol. The van der Waals surface area contributed by atoms with E-state index >= 15 is 0 Å². The molecule has 0 saturated heterocycles. The Kier molecular flexibility index (Phi) is 19.0. The van der Waals surface area contributed by atoms with Crippen LogP contribution in [0, 0.1) is 11.6 Å². The highest BCUT2D eigenvalue weighted by Gasteiger charge is 2.38. The van der Waals surface area contributed by atoms with Crippen LogP contribution in [0.4, 0.5) is 20.2 Å². The average Bonchev–Trinajstić information content (AvgIpc) is 3.30. The number of aromatic nitrogens is 2. The molecule has 0 aliphatic carbocycles. The molecule has 11 nitrogen and oxygen atoms in total. The maximum absolute atomic E-state index is 14.7. The first-order valence-corrected chi connectivity index (χ1v) is 31.2. The van der Waals surface area contributed by atoms with Gasteiger partial charge in [-0.25, -0.2) is 13.6 Å². The molecule has 0 atom stereocenters. The number of fused-ring (bicyclic) bond motifs is 2. The van der Waals surface area contributed by atoms with Crippen LogP contribution in [-0.4, -0.2) is 71.4 Å². The van der Waals surface area contributed by atoms with E-state index in [-0.39, 0.29) is 68.3 Å². The SMILES string of the molecule is CCC(=O)c1cn(CCO[Si](C)(C)C(C)(C)C)c2c(N)cc(Cc3cccc(Cl)c3F)cc2c1=O.CCOC(=O)c1cn(CCO[Si](C)(C)C(C)(C)C)c2c(N(C)C)cc(Cc3cccc(Cl)c3F)cc2c1=O. The van der Waals surface area contributed by atoms with Gasteiger partial charge in [-0.05, 0) is 102 Å². The molecule has 6 rings (SSSR count). The fourth-order valence-corrected chi connectivity index (χ4v) is 10.4. The van der Waals surface area contributed by atoms with Gasteiger partial charge in [0.05, 0.1) is 57.8 Å². The van der Waals surface area contributed by atoms with Crippen molar-refractivity contribution in [1.29, 1.82) is 0 Å². The van der Waals surface area contributed by atoms with Gasteiger partial charge >= 0.3 is 5.97 Å². The number of ketones is 1. The third-order valence-electron chi connectivity index (χ3n) is 14.1. The van der Waals surface area contributed by atoms with Crippen LogP contribution in [0.3, 0.4) is 0 Å². The minimum atomic E-state index is -2.01.